The van der Waals surface area contributed by atoms with Crippen molar-refractivity contribution in [2.45, 2.75) is 40.7 Å². The van der Waals surface area contributed by atoms with Crippen molar-refractivity contribution in [2.24, 2.45) is 5.41 Å². The van der Waals surface area contributed by atoms with Crippen LogP contribution in [0.25, 0.3) is 0 Å². The Morgan fingerprint density at radius 2 is 1.40 bits per heavy atom. The van der Waals surface area contributed by atoms with E-state index in [1.807, 2.05) is 13.8 Å². The van der Waals surface area contributed by atoms with Crippen LogP contribution in [0.1, 0.15) is 34.6 Å². The Morgan fingerprint density at radius 1 is 0.867 bits per heavy atom. The Morgan fingerprint density at radius 3 is 1.93 bits per heavy atom. The highest BCUT2D eigenvalue weighted by molar-refractivity contribution is 4.58. The first-order valence-electron chi connectivity index (χ1n) is 5.69. The van der Waals surface area contributed by atoms with Crippen LogP contribution in [0.3, 0.4) is 0 Å². The molecule has 15 heavy (non-hydrogen) atoms. The summed E-state index contributed by atoms with van der Waals surface area (Å²) in [6.45, 7) is 13.9. The highest BCUT2D eigenvalue weighted by atomic mass is 16.5. The molecule has 0 aromatic carbocycles. The maximum absolute atomic E-state index is 5.46. The van der Waals surface area contributed by atoms with Gasteiger partial charge in [0.15, 0.2) is 0 Å². The topological polar surface area (TPSA) is 27.7 Å². The van der Waals surface area contributed by atoms with Gasteiger partial charge in [-0.25, -0.2) is 0 Å². The zero-order chi connectivity index (χ0) is 11.7. The van der Waals surface area contributed by atoms with Crippen LogP contribution >= 0.6 is 0 Å². The fourth-order valence-electron chi connectivity index (χ4n) is 0.941. The Balaban J connectivity index is 3.06. The molecule has 0 saturated heterocycles. The first kappa shape index (κ1) is 14.9. The lowest BCUT2D eigenvalue weighted by Crippen LogP contribution is -2.17. The van der Waals surface area contributed by atoms with E-state index in [0.29, 0.717) is 26.4 Å². The Hall–Kier alpha value is -0.120. The van der Waals surface area contributed by atoms with Crippen LogP contribution in [-0.4, -0.2) is 39.1 Å². The van der Waals surface area contributed by atoms with Crippen molar-refractivity contribution in [3.05, 3.63) is 0 Å². The zero-order valence-electron chi connectivity index (χ0n) is 10.8. The molecule has 0 atom stereocenters. The molecule has 0 aliphatic heterocycles. The van der Waals surface area contributed by atoms with E-state index in [9.17, 15) is 0 Å². The third-order valence-electron chi connectivity index (χ3n) is 1.59. The van der Waals surface area contributed by atoms with Crippen LogP contribution in [0.15, 0.2) is 0 Å². The standard InChI is InChI=1S/C12H26O3/c1-11(2)15-9-8-13-6-7-14-10-12(3,4)5/h11H,6-10H2,1-5H3. The van der Waals surface area contributed by atoms with Crippen LogP contribution in [0.4, 0.5) is 0 Å². The molecule has 92 valence electrons. The summed E-state index contributed by atoms with van der Waals surface area (Å²) < 4.78 is 16.1. The molecule has 0 unspecified atom stereocenters. The maximum Gasteiger partial charge on any atom is 0.0703 e. The monoisotopic (exact) mass is 218 g/mol. The second-order valence-corrected chi connectivity index (χ2v) is 5.15. The van der Waals surface area contributed by atoms with Crippen LogP contribution in [0.5, 0.6) is 0 Å². The van der Waals surface area contributed by atoms with Gasteiger partial charge in [0.1, 0.15) is 0 Å². The van der Waals surface area contributed by atoms with E-state index < -0.39 is 0 Å². The number of hydrogen-bond acceptors (Lipinski definition) is 3. The molecule has 0 radical (unpaired) electrons. The number of hydrogen-bond donors (Lipinski definition) is 0. The summed E-state index contributed by atoms with van der Waals surface area (Å²) in [5.41, 5.74) is 0.237. The lowest BCUT2D eigenvalue weighted by molar-refractivity contribution is -0.0116. The van der Waals surface area contributed by atoms with E-state index in [-0.39, 0.29) is 11.5 Å². The normalized spacial score (nSPS) is 12.4. The lowest BCUT2D eigenvalue weighted by atomic mass is 9.99. The molecule has 0 fully saturated rings. The summed E-state index contributed by atoms with van der Waals surface area (Å²) in [7, 11) is 0. The van der Waals surface area contributed by atoms with E-state index in [1.54, 1.807) is 0 Å². The average molecular weight is 218 g/mol. The van der Waals surface area contributed by atoms with Crippen LogP contribution < -0.4 is 0 Å². The summed E-state index contributed by atoms with van der Waals surface area (Å²) in [5, 5.41) is 0. The fourth-order valence-corrected chi connectivity index (χ4v) is 0.941. The summed E-state index contributed by atoms with van der Waals surface area (Å²) >= 11 is 0. The molecule has 0 rings (SSSR count). The largest absolute Gasteiger partial charge is 0.379 e. The van der Waals surface area contributed by atoms with E-state index in [1.165, 1.54) is 0 Å². The molecule has 3 heteroatoms. The fraction of sp³-hybridized carbons (Fsp3) is 1.00. The van der Waals surface area contributed by atoms with Crippen LogP contribution in [0.2, 0.25) is 0 Å². The summed E-state index contributed by atoms with van der Waals surface area (Å²) in [4.78, 5) is 0. The lowest BCUT2D eigenvalue weighted by Gasteiger charge is -2.17. The molecule has 0 amide bonds. The molecule has 0 aliphatic carbocycles. The van der Waals surface area contributed by atoms with Crippen molar-refractivity contribution >= 4 is 0 Å². The van der Waals surface area contributed by atoms with E-state index in [4.69, 9.17) is 14.2 Å². The molecule has 0 N–H and O–H groups in total. The highest BCUT2D eigenvalue weighted by Gasteiger charge is 2.09. The van der Waals surface area contributed by atoms with Gasteiger partial charge < -0.3 is 14.2 Å². The average Bonchev–Trinajstić information content (AvgIpc) is 2.07. The summed E-state index contributed by atoms with van der Waals surface area (Å²) in [5.74, 6) is 0. The molecule has 0 bridgehead atoms. The minimum absolute atomic E-state index is 0.237. The van der Waals surface area contributed by atoms with Crippen LogP contribution in [0, 0.1) is 5.41 Å². The predicted molar refractivity (Wildman–Crippen MR) is 62.2 cm³/mol. The van der Waals surface area contributed by atoms with Crippen molar-refractivity contribution in [3.63, 3.8) is 0 Å². The van der Waals surface area contributed by atoms with Gasteiger partial charge in [-0.15, -0.1) is 0 Å². The van der Waals surface area contributed by atoms with E-state index in [0.717, 1.165) is 6.61 Å². The molecular weight excluding hydrogens is 192 g/mol. The van der Waals surface area contributed by atoms with E-state index in [2.05, 4.69) is 20.8 Å². The van der Waals surface area contributed by atoms with Crippen molar-refractivity contribution in [2.75, 3.05) is 33.0 Å². The third-order valence-corrected chi connectivity index (χ3v) is 1.59. The van der Waals surface area contributed by atoms with Gasteiger partial charge in [-0.2, -0.15) is 0 Å². The molecule has 0 aromatic heterocycles. The molecule has 0 heterocycles. The smallest absolute Gasteiger partial charge is 0.0703 e. The van der Waals surface area contributed by atoms with Gasteiger partial charge in [-0.05, 0) is 19.3 Å². The van der Waals surface area contributed by atoms with Gasteiger partial charge >= 0.3 is 0 Å². The van der Waals surface area contributed by atoms with Gasteiger partial charge in [0.25, 0.3) is 0 Å². The minimum atomic E-state index is 0.237. The molecular formula is C12H26O3. The maximum atomic E-state index is 5.46. The highest BCUT2D eigenvalue weighted by Crippen LogP contribution is 2.12. The summed E-state index contributed by atoms with van der Waals surface area (Å²) in [6.07, 6.45) is 0.283. The summed E-state index contributed by atoms with van der Waals surface area (Å²) in [6, 6.07) is 0. The Labute approximate surface area is 94.1 Å². The molecule has 0 spiro atoms. The first-order valence-corrected chi connectivity index (χ1v) is 5.69. The SMILES string of the molecule is CC(C)OCCOCCOCC(C)(C)C. The number of rotatable bonds is 8. The Kier molecular flexibility index (Phi) is 8.02. The number of ether oxygens (including phenoxy) is 3. The van der Waals surface area contributed by atoms with E-state index >= 15 is 0 Å². The third kappa shape index (κ3) is 13.9. The molecule has 0 aliphatic rings. The molecule has 0 saturated carbocycles. The van der Waals surface area contributed by atoms with Crippen molar-refractivity contribution < 1.29 is 14.2 Å². The first-order chi connectivity index (χ1) is 6.92. The van der Waals surface area contributed by atoms with Crippen molar-refractivity contribution in [1.82, 2.24) is 0 Å². The zero-order valence-corrected chi connectivity index (χ0v) is 10.8. The van der Waals surface area contributed by atoms with Gasteiger partial charge in [0, 0.05) is 0 Å². The minimum Gasteiger partial charge on any atom is -0.379 e. The van der Waals surface area contributed by atoms with Gasteiger partial charge in [-0.3, -0.25) is 0 Å². The Bertz CT molecular complexity index is 138. The molecule has 3 nitrogen and oxygen atoms in total. The van der Waals surface area contributed by atoms with Gasteiger partial charge in [0.2, 0.25) is 0 Å². The van der Waals surface area contributed by atoms with Crippen molar-refractivity contribution in [1.29, 1.82) is 0 Å². The second kappa shape index (κ2) is 8.08. The predicted octanol–water partition coefficient (Wildman–Crippen LogP) is 2.49. The van der Waals surface area contributed by atoms with Crippen molar-refractivity contribution in [3.8, 4) is 0 Å². The second-order valence-electron chi connectivity index (χ2n) is 5.15. The van der Waals surface area contributed by atoms with Gasteiger partial charge in [0.05, 0.1) is 39.1 Å². The van der Waals surface area contributed by atoms with Gasteiger partial charge in [-0.1, -0.05) is 20.8 Å². The molecule has 0 aromatic rings. The van der Waals surface area contributed by atoms with Crippen LogP contribution in [-0.2, 0) is 14.2 Å². The quantitative estimate of drug-likeness (QED) is 0.586.